The van der Waals surface area contributed by atoms with E-state index in [1.165, 1.54) is 13.2 Å². The standard InChI is InChI=1S/C25H25N3O4/c1-3-16-31-22-10-8-18(24(25(22)30-2)32-20-12-14-27-15-13-20)9-11-23(29)28-21-7-5-4-6-19(21)17-26/h1,4-11,20,27H,12-16H2,2H3,(H,28,29)/b11-9+. The van der Waals surface area contributed by atoms with E-state index >= 15 is 0 Å². The number of carbonyl (C=O) groups excluding carboxylic acids is 1. The zero-order chi connectivity index (χ0) is 22.8. The highest BCUT2D eigenvalue weighted by molar-refractivity contribution is 6.02. The number of methoxy groups -OCH3 is 1. The Bertz CT molecular complexity index is 1060. The first-order valence-electron chi connectivity index (χ1n) is 10.3. The monoisotopic (exact) mass is 431 g/mol. The Morgan fingerprint density at radius 2 is 2.03 bits per heavy atom. The van der Waals surface area contributed by atoms with Gasteiger partial charge in [0.15, 0.2) is 11.5 Å². The molecule has 0 spiro atoms. The molecule has 0 radical (unpaired) electrons. The minimum Gasteiger partial charge on any atom is -0.490 e. The summed E-state index contributed by atoms with van der Waals surface area (Å²) in [6.07, 6.45) is 10.1. The number of benzene rings is 2. The Morgan fingerprint density at radius 1 is 1.25 bits per heavy atom. The molecule has 7 heteroatoms. The van der Waals surface area contributed by atoms with Crippen molar-refractivity contribution in [3.8, 4) is 35.7 Å². The van der Waals surface area contributed by atoms with E-state index in [2.05, 4.69) is 22.6 Å². The number of hydrogen-bond donors (Lipinski definition) is 2. The number of piperidine rings is 1. The van der Waals surface area contributed by atoms with Crippen molar-refractivity contribution in [3.05, 3.63) is 53.6 Å². The van der Waals surface area contributed by atoms with Crippen LogP contribution in [0.4, 0.5) is 5.69 Å². The van der Waals surface area contributed by atoms with Crippen LogP contribution in [0.15, 0.2) is 42.5 Å². The number of para-hydroxylation sites is 1. The van der Waals surface area contributed by atoms with Gasteiger partial charge in [0.2, 0.25) is 11.7 Å². The number of hydrogen-bond acceptors (Lipinski definition) is 6. The van der Waals surface area contributed by atoms with Gasteiger partial charge in [-0.15, -0.1) is 6.42 Å². The Morgan fingerprint density at radius 3 is 2.75 bits per heavy atom. The Kier molecular flexibility index (Phi) is 8.14. The highest BCUT2D eigenvalue weighted by Gasteiger charge is 2.21. The van der Waals surface area contributed by atoms with Crippen LogP contribution in [-0.4, -0.2) is 38.8 Å². The molecule has 0 saturated carbocycles. The van der Waals surface area contributed by atoms with Crippen molar-refractivity contribution in [2.75, 3.05) is 32.1 Å². The average molecular weight is 431 g/mol. The number of anilines is 1. The van der Waals surface area contributed by atoms with Crippen LogP contribution in [0.1, 0.15) is 24.0 Å². The average Bonchev–Trinajstić information content (AvgIpc) is 2.83. The summed E-state index contributed by atoms with van der Waals surface area (Å²) in [5, 5.41) is 15.2. The third-order valence-corrected chi connectivity index (χ3v) is 4.91. The van der Waals surface area contributed by atoms with Gasteiger partial charge in [0, 0.05) is 11.6 Å². The summed E-state index contributed by atoms with van der Waals surface area (Å²) in [6.45, 7) is 1.83. The third-order valence-electron chi connectivity index (χ3n) is 4.91. The number of ether oxygens (including phenoxy) is 3. The van der Waals surface area contributed by atoms with Gasteiger partial charge in [-0.3, -0.25) is 4.79 Å². The van der Waals surface area contributed by atoms with E-state index in [0.717, 1.165) is 25.9 Å². The van der Waals surface area contributed by atoms with Crippen molar-refractivity contribution in [2.45, 2.75) is 18.9 Å². The van der Waals surface area contributed by atoms with Crippen molar-refractivity contribution in [2.24, 2.45) is 0 Å². The molecule has 2 N–H and O–H groups in total. The molecule has 3 rings (SSSR count). The van der Waals surface area contributed by atoms with E-state index in [-0.39, 0.29) is 18.6 Å². The van der Waals surface area contributed by atoms with Gasteiger partial charge < -0.3 is 24.8 Å². The molecule has 1 heterocycles. The molecule has 0 bridgehead atoms. The van der Waals surface area contributed by atoms with Gasteiger partial charge in [0.25, 0.3) is 0 Å². The van der Waals surface area contributed by atoms with Gasteiger partial charge >= 0.3 is 0 Å². The van der Waals surface area contributed by atoms with E-state index in [1.807, 2.05) is 0 Å². The van der Waals surface area contributed by atoms with Gasteiger partial charge in [0.1, 0.15) is 18.8 Å². The molecule has 0 atom stereocenters. The second kappa shape index (κ2) is 11.5. The van der Waals surface area contributed by atoms with Crippen LogP contribution >= 0.6 is 0 Å². The lowest BCUT2D eigenvalue weighted by molar-refractivity contribution is -0.111. The normalized spacial score (nSPS) is 13.7. The van der Waals surface area contributed by atoms with Crippen molar-refractivity contribution in [1.82, 2.24) is 5.32 Å². The fraction of sp³-hybridized carbons (Fsp3) is 0.280. The molecule has 1 amide bonds. The zero-order valence-corrected chi connectivity index (χ0v) is 17.9. The molecular weight excluding hydrogens is 406 g/mol. The van der Waals surface area contributed by atoms with Gasteiger partial charge in [-0.2, -0.15) is 5.26 Å². The lowest BCUT2D eigenvalue weighted by Gasteiger charge is -2.26. The van der Waals surface area contributed by atoms with Crippen LogP contribution in [0.2, 0.25) is 0 Å². The summed E-state index contributed by atoms with van der Waals surface area (Å²) in [4.78, 5) is 12.5. The Hall–Kier alpha value is -3.94. The summed E-state index contributed by atoms with van der Waals surface area (Å²) >= 11 is 0. The largest absolute Gasteiger partial charge is 0.490 e. The predicted molar refractivity (Wildman–Crippen MR) is 123 cm³/mol. The molecule has 1 aliphatic rings. The third kappa shape index (κ3) is 5.81. The van der Waals surface area contributed by atoms with Crippen LogP contribution < -0.4 is 24.8 Å². The molecule has 0 aliphatic carbocycles. The molecule has 32 heavy (non-hydrogen) atoms. The molecule has 164 valence electrons. The van der Waals surface area contributed by atoms with Crippen LogP contribution in [0.3, 0.4) is 0 Å². The van der Waals surface area contributed by atoms with E-state index in [9.17, 15) is 10.1 Å². The van der Waals surface area contributed by atoms with Gasteiger partial charge in [-0.25, -0.2) is 0 Å². The van der Waals surface area contributed by atoms with E-state index in [1.54, 1.807) is 42.5 Å². The summed E-state index contributed by atoms with van der Waals surface area (Å²) in [5.41, 5.74) is 1.50. The van der Waals surface area contributed by atoms with Gasteiger partial charge in [-0.05, 0) is 56.3 Å². The summed E-state index contributed by atoms with van der Waals surface area (Å²) < 4.78 is 17.5. The van der Waals surface area contributed by atoms with Crippen LogP contribution in [-0.2, 0) is 4.79 Å². The highest BCUT2D eigenvalue weighted by atomic mass is 16.5. The van der Waals surface area contributed by atoms with Crippen molar-refractivity contribution in [1.29, 1.82) is 5.26 Å². The fourth-order valence-electron chi connectivity index (χ4n) is 3.35. The Balaban J connectivity index is 1.87. The molecule has 0 unspecified atom stereocenters. The number of terminal acetylenes is 1. The maximum absolute atomic E-state index is 12.5. The van der Waals surface area contributed by atoms with E-state index < -0.39 is 0 Å². The van der Waals surface area contributed by atoms with Crippen LogP contribution in [0.25, 0.3) is 6.08 Å². The lowest BCUT2D eigenvalue weighted by Crippen LogP contribution is -2.34. The topological polar surface area (TPSA) is 92.6 Å². The van der Waals surface area contributed by atoms with Gasteiger partial charge in [-0.1, -0.05) is 18.1 Å². The summed E-state index contributed by atoms with van der Waals surface area (Å²) in [6, 6.07) is 12.4. The smallest absolute Gasteiger partial charge is 0.248 e. The van der Waals surface area contributed by atoms with Crippen molar-refractivity contribution < 1.29 is 19.0 Å². The van der Waals surface area contributed by atoms with Crippen molar-refractivity contribution in [3.63, 3.8) is 0 Å². The molecule has 1 fully saturated rings. The Labute approximate surface area is 188 Å². The van der Waals surface area contributed by atoms with Crippen LogP contribution in [0.5, 0.6) is 17.2 Å². The summed E-state index contributed by atoms with van der Waals surface area (Å²) in [7, 11) is 1.53. The molecule has 2 aromatic carbocycles. The first kappa shape index (κ1) is 22.7. The minimum atomic E-state index is -0.368. The maximum atomic E-state index is 12.5. The molecular formula is C25H25N3O4. The first-order chi connectivity index (χ1) is 15.7. The van der Waals surface area contributed by atoms with Gasteiger partial charge in [0.05, 0.1) is 18.4 Å². The zero-order valence-electron chi connectivity index (χ0n) is 17.9. The molecule has 7 nitrogen and oxygen atoms in total. The fourth-order valence-corrected chi connectivity index (χ4v) is 3.35. The molecule has 2 aromatic rings. The SMILES string of the molecule is C#CCOc1ccc(/C=C/C(=O)Nc2ccccc2C#N)c(OC2CCNCC2)c1OC. The van der Waals surface area contributed by atoms with Crippen LogP contribution in [0, 0.1) is 23.7 Å². The number of rotatable bonds is 8. The minimum absolute atomic E-state index is 0.0107. The number of amides is 1. The number of nitrogens with one attached hydrogen (secondary N) is 2. The molecule has 0 aromatic heterocycles. The lowest BCUT2D eigenvalue weighted by atomic mass is 10.1. The molecule has 1 aliphatic heterocycles. The quantitative estimate of drug-likeness (QED) is 0.492. The highest BCUT2D eigenvalue weighted by Crippen LogP contribution is 2.41. The second-order valence-corrected chi connectivity index (χ2v) is 7.06. The second-order valence-electron chi connectivity index (χ2n) is 7.06. The predicted octanol–water partition coefficient (Wildman–Crippen LogP) is 3.36. The van der Waals surface area contributed by atoms with E-state index in [4.69, 9.17) is 20.6 Å². The number of nitriles is 1. The van der Waals surface area contributed by atoms with Crippen molar-refractivity contribution >= 4 is 17.7 Å². The first-order valence-corrected chi connectivity index (χ1v) is 10.3. The maximum Gasteiger partial charge on any atom is 0.248 e. The number of carbonyl (C=O) groups is 1. The number of nitrogens with zero attached hydrogens (tertiary/aromatic N) is 1. The molecule has 1 saturated heterocycles. The van der Waals surface area contributed by atoms with E-state index in [0.29, 0.717) is 34.1 Å². The summed E-state index contributed by atoms with van der Waals surface area (Å²) in [5.74, 6) is 3.46.